The summed E-state index contributed by atoms with van der Waals surface area (Å²) in [6.45, 7) is 14.5. The monoisotopic (exact) mass is 482 g/mol. The van der Waals surface area contributed by atoms with E-state index in [1.165, 1.54) is 38.5 Å². The van der Waals surface area contributed by atoms with Crippen molar-refractivity contribution in [2.75, 3.05) is 13.2 Å². The molecular weight excluding hydrogens is 428 g/mol. The minimum Gasteiger partial charge on any atom is -0.493 e. The lowest BCUT2D eigenvalue weighted by Gasteiger charge is -2.36. The lowest BCUT2D eigenvalue weighted by molar-refractivity contribution is 0.00793. The molecule has 0 radical (unpaired) electrons. The summed E-state index contributed by atoms with van der Waals surface area (Å²) >= 11 is 0. The number of aromatic hydroxyl groups is 1. The molecule has 0 saturated heterocycles. The van der Waals surface area contributed by atoms with Crippen LogP contribution in [0.15, 0.2) is 11.0 Å². The van der Waals surface area contributed by atoms with Crippen LogP contribution in [0.3, 0.4) is 0 Å². The molecule has 1 aromatic heterocycles. The van der Waals surface area contributed by atoms with Crippen LogP contribution < -0.4 is 5.69 Å². The Balaban J connectivity index is 2.70. The van der Waals surface area contributed by atoms with Crippen LogP contribution in [0.1, 0.15) is 125 Å². The molecule has 1 unspecified atom stereocenters. The van der Waals surface area contributed by atoms with E-state index in [9.17, 15) is 9.90 Å². The largest absolute Gasteiger partial charge is 0.493 e. The third-order valence-corrected chi connectivity index (χ3v) is 8.45. The molecular formula is C28H54N2O4. The zero-order chi connectivity index (χ0) is 25.6. The van der Waals surface area contributed by atoms with Gasteiger partial charge in [0, 0.05) is 19.8 Å². The fraction of sp³-hybridized carbons (Fsp3) is 0.893. The van der Waals surface area contributed by atoms with E-state index < -0.39 is 5.54 Å². The fourth-order valence-electron chi connectivity index (χ4n) is 5.57. The van der Waals surface area contributed by atoms with E-state index in [4.69, 9.17) is 9.84 Å². The molecule has 1 rings (SSSR count). The highest BCUT2D eigenvalue weighted by Gasteiger charge is 2.35. The molecule has 34 heavy (non-hydrogen) atoms. The molecule has 200 valence electrons. The Kier molecular flexibility index (Phi) is 14.2. The second-order valence-corrected chi connectivity index (χ2v) is 10.1. The first-order valence-corrected chi connectivity index (χ1v) is 14.1. The first-order valence-electron chi connectivity index (χ1n) is 14.1. The van der Waals surface area contributed by atoms with E-state index in [-0.39, 0.29) is 17.7 Å². The minimum absolute atomic E-state index is 0.0554. The van der Waals surface area contributed by atoms with E-state index in [0.717, 1.165) is 51.6 Å². The Morgan fingerprint density at radius 1 is 0.912 bits per heavy atom. The summed E-state index contributed by atoms with van der Waals surface area (Å²) in [7, 11) is 0. The second kappa shape index (κ2) is 15.7. The van der Waals surface area contributed by atoms with Crippen LogP contribution in [0.25, 0.3) is 0 Å². The molecule has 1 aromatic rings. The summed E-state index contributed by atoms with van der Waals surface area (Å²) in [4.78, 5) is 12.9. The molecule has 0 aromatic carbocycles. The third kappa shape index (κ3) is 8.15. The van der Waals surface area contributed by atoms with Crippen molar-refractivity contribution < 1.29 is 14.9 Å². The summed E-state index contributed by atoms with van der Waals surface area (Å²) < 4.78 is 9.53. The topological polar surface area (TPSA) is 76.6 Å². The summed E-state index contributed by atoms with van der Waals surface area (Å²) in [6.07, 6.45) is 15.2. The number of ether oxygens (including phenoxy) is 1. The molecule has 0 amide bonds. The number of aromatic nitrogens is 2. The number of aliphatic hydroxyl groups excluding tert-OH is 1. The number of aryl methyl sites for hydroxylation is 1. The summed E-state index contributed by atoms with van der Waals surface area (Å²) in [5.74, 6) is 0.0554. The molecule has 0 spiro atoms. The van der Waals surface area contributed by atoms with E-state index in [1.807, 2.05) is 6.92 Å². The standard InChI is InChI=1S/C28H54N2O4/c1-7-24(22-28(10-4,11-5)30-25(32)23-29(12-6)26(30)33)34-21-17-15-19-27(8-2,9-3)18-14-13-16-20-31/h23-24,31-32H,7-22H2,1-6H3. The Bertz CT molecular complexity index is 716. The van der Waals surface area contributed by atoms with E-state index in [2.05, 4.69) is 34.6 Å². The normalized spacial score (nSPS) is 13.5. The fourth-order valence-corrected chi connectivity index (χ4v) is 5.57. The number of unbranched alkanes of at least 4 members (excludes halogenated alkanes) is 3. The number of rotatable bonds is 20. The highest BCUT2D eigenvalue weighted by Crippen LogP contribution is 2.38. The third-order valence-electron chi connectivity index (χ3n) is 8.45. The van der Waals surface area contributed by atoms with Crippen molar-refractivity contribution in [1.82, 2.24) is 9.13 Å². The second-order valence-electron chi connectivity index (χ2n) is 10.1. The van der Waals surface area contributed by atoms with E-state index in [1.54, 1.807) is 15.3 Å². The van der Waals surface area contributed by atoms with Gasteiger partial charge in [0.2, 0.25) is 5.88 Å². The summed E-state index contributed by atoms with van der Waals surface area (Å²) in [5, 5.41) is 19.6. The Hall–Kier alpha value is -1.27. The maximum absolute atomic E-state index is 12.9. The zero-order valence-electron chi connectivity index (χ0n) is 23.1. The first-order chi connectivity index (χ1) is 16.3. The van der Waals surface area contributed by atoms with Crippen molar-refractivity contribution in [2.45, 2.75) is 143 Å². The van der Waals surface area contributed by atoms with Crippen molar-refractivity contribution in [1.29, 1.82) is 0 Å². The van der Waals surface area contributed by atoms with Crippen LogP contribution in [0.5, 0.6) is 5.88 Å². The van der Waals surface area contributed by atoms with Crippen LogP contribution in [0, 0.1) is 5.41 Å². The quantitative estimate of drug-likeness (QED) is 0.205. The number of nitrogens with zero attached hydrogens (tertiary/aromatic N) is 2. The van der Waals surface area contributed by atoms with Crippen molar-refractivity contribution in [3.05, 3.63) is 16.7 Å². The van der Waals surface area contributed by atoms with Gasteiger partial charge in [-0.05, 0) is 63.7 Å². The molecule has 0 saturated carbocycles. The van der Waals surface area contributed by atoms with Crippen LogP contribution in [0.4, 0.5) is 0 Å². The van der Waals surface area contributed by atoms with Crippen LogP contribution in [-0.2, 0) is 16.8 Å². The summed E-state index contributed by atoms with van der Waals surface area (Å²) in [5.41, 5.74) is -0.145. The molecule has 0 bridgehead atoms. The molecule has 6 heteroatoms. The number of hydrogen-bond donors (Lipinski definition) is 2. The van der Waals surface area contributed by atoms with Gasteiger partial charge in [0.25, 0.3) is 0 Å². The predicted octanol–water partition coefficient (Wildman–Crippen LogP) is 6.61. The van der Waals surface area contributed by atoms with Crippen molar-refractivity contribution in [3.8, 4) is 5.88 Å². The number of aliphatic hydroxyl groups is 1. The zero-order valence-corrected chi connectivity index (χ0v) is 23.1. The van der Waals surface area contributed by atoms with Gasteiger partial charge in [0.05, 0.1) is 17.8 Å². The molecule has 0 fully saturated rings. The van der Waals surface area contributed by atoms with E-state index in [0.29, 0.717) is 18.6 Å². The molecule has 2 N–H and O–H groups in total. The van der Waals surface area contributed by atoms with Crippen molar-refractivity contribution in [3.63, 3.8) is 0 Å². The Morgan fingerprint density at radius 2 is 1.53 bits per heavy atom. The molecule has 6 nitrogen and oxygen atoms in total. The van der Waals surface area contributed by atoms with Crippen LogP contribution in [-0.4, -0.2) is 38.7 Å². The maximum atomic E-state index is 12.9. The van der Waals surface area contributed by atoms with Gasteiger partial charge in [-0.3, -0.25) is 9.13 Å². The van der Waals surface area contributed by atoms with Gasteiger partial charge < -0.3 is 14.9 Å². The highest BCUT2D eigenvalue weighted by atomic mass is 16.5. The minimum atomic E-state index is -0.434. The Morgan fingerprint density at radius 3 is 2.00 bits per heavy atom. The molecule has 0 aliphatic rings. The lowest BCUT2D eigenvalue weighted by Crippen LogP contribution is -2.43. The van der Waals surface area contributed by atoms with Gasteiger partial charge in [0.1, 0.15) is 0 Å². The average molecular weight is 483 g/mol. The summed E-state index contributed by atoms with van der Waals surface area (Å²) in [6, 6.07) is 0. The van der Waals surface area contributed by atoms with Gasteiger partial charge >= 0.3 is 5.69 Å². The molecule has 0 aliphatic carbocycles. The Labute approximate surface area is 208 Å². The average Bonchev–Trinajstić information content (AvgIpc) is 3.16. The van der Waals surface area contributed by atoms with Gasteiger partial charge in [-0.2, -0.15) is 0 Å². The number of hydrogen-bond acceptors (Lipinski definition) is 4. The van der Waals surface area contributed by atoms with Gasteiger partial charge in [-0.1, -0.05) is 66.7 Å². The maximum Gasteiger partial charge on any atom is 0.331 e. The predicted molar refractivity (Wildman–Crippen MR) is 142 cm³/mol. The van der Waals surface area contributed by atoms with Gasteiger partial charge in [-0.15, -0.1) is 0 Å². The smallest absolute Gasteiger partial charge is 0.331 e. The van der Waals surface area contributed by atoms with Crippen molar-refractivity contribution >= 4 is 0 Å². The number of imidazole rings is 1. The molecule has 0 aliphatic heterocycles. The molecule has 1 atom stereocenters. The van der Waals surface area contributed by atoms with Crippen LogP contribution >= 0.6 is 0 Å². The SMILES string of the molecule is CCC(CC(CC)(CC)n1c(O)cn(CC)c1=O)OCCCCC(CC)(CC)CCCCCO. The van der Waals surface area contributed by atoms with Crippen LogP contribution in [0.2, 0.25) is 0 Å². The van der Waals surface area contributed by atoms with E-state index >= 15 is 0 Å². The van der Waals surface area contributed by atoms with Gasteiger partial charge in [-0.25, -0.2) is 4.79 Å². The molecule has 1 heterocycles. The first kappa shape index (κ1) is 30.8. The van der Waals surface area contributed by atoms with Gasteiger partial charge in [0.15, 0.2) is 0 Å². The highest BCUT2D eigenvalue weighted by molar-refractivity contribution is 5.11. The van der Waals surface area contributed by atoms with Crippen molar-refractivity contribution in [2.24, 2.45) is 5.41 Å². The lowest BCUT2D eigenvalue weighted by atomic mass is 9.74.